The van der Waals surface area contributed by atoms with E-state index in [1.807, 2.05) is 0 Å². The fraction of sp³-hybridized carbons (Fsp3) is 0.733. The van der Waals surface area contributed by atoms with Crippen LogP contribution in [0.15, 0.2) is 10.6 Å². The van der Waals surface area contributed by atoms with E-state index >= 15 is 0 Å². The number of carbonyl (C=O) groups is 1. The quantitative estimate of drug-likeness (QED) is 0.847. The lowest BCUT2D eigenvalue weighted by molar-refractivity contribution is -0.232. The van der Waals surface area contributed by atoms with Gasteiger partial charge >= 0.3 is 12.2 Å². The van der Waals surface area contributed by atoms with Gasteiger partial charge in [0.25, 0.3) is 0 Å². The summed E-state index contributed by atoms with van der Waals surface area (Å²) in [5.41, 5.74) is -0.966. The van der Waals surface area contributed by atoms with Gasteiger partial charge in [-0.2, -0.15) is 13.2 Å². The van der Waals surface area contributed by atoms with Crippen molar-refractivity contribution in [1.29, 1.82) is 0 Å². The second kappa shape index (κ2) is 6.27. The van der Waals surface area contributed by atoms with Gasteiger partial charge in [0.15, 0.2) is 5.82 Å². The minimum absolute atomic E-state index is 0.0649. The summed E-state index contributed by atoms with van der Waals surface area (Å²) in [5.74, 6) is -0.592. The van der Waals surface area contributed by atoms with E-state index in [1.54, 1.807) is 13.0 Å². The number of ether oxygens (including phenoxy) is 1. The first-order chi connectivity index (χ1) is 11.3. The van der Waals surface area contributed by atoms with Gasteiger partial charge in [0.05, 0.1) is 5.92 Å². The Labute approximate surface area is 137 Å². The molecule has 2 aliphatic heterocycles. The summed E-state index contributed by atoms with van der Waals surface area (Å²) >= 11 is 0. The maximum atomic E-state index is 13.5. The summed E-state index contributed by atoms with van der Waals surface area (Å²) in [4.78, 5) is 13.8. The summed E-state index contributed by atoms with van der Waals surface area (Å²) in [5, 5.41) is 6.25. The molecule has 0 radical (unpaired) electrons. The standard InChI is InChI=1S/C15H20F3N3O3/c1-10-8-12(20-24-10)19-13(22)21-5-2-11(15(16,17)18)14(9-21)3-6-23-7-4-14/h8,11H,2-7,9H2,1H3,(H,19,20,22). The number of likely N-dealkylation sites (tertiary alicyclic amines) is 1. The number of hydrogen-bond acceptors (Lipinski definition) is 4. The van der Waals surface area contributed by atoms with Crippen LogP contribution < -0.4 is 5.32 Å². The Morgan fingerprint density at radius 2 is 2.12 bits per heavy atom. The Bertz CT molecular complexity index is 596. The van der Waals surface area contributed by atoms with Crippen molar-refractivity contribution in [3.05, 3.63) is 11.8 Å². The van der Waals surface area contributed by atoms with E-state index in [-0.39, 0.29) is 25.3 Å². The molecule has 134 valence electrons. The monoisotopic (exact) mass is 347 g/mol. The third-order valence-electron chi connectivity index (χ3n) is 4.97. The Balaban J connectivity index is 1.74. The first kappa shape index (κ1) is 17.1. The van der Waals surface area contributed by atoms with Crippen molar-refractivity contribution >= 4 is 11.8 Å². The van der Waals surface area contributed by atoms with E-state index in [0.29, 0.717) is 31.8 Å². The van der Waals surface area contributed by atoms with Gasteiger partial charge in [0.1, 0.15) is 5.76 Å². The van der Waals surface area contributed by atoms with Crippen LogP contribution in [-0.4, -0.2) is 48.6 Å². The van der Waals surface area contributed by atoms with E-state index < -0.39 is 23.5 Å². The Morgan fingerprint density at radius 1 is 1.42 bits per heavy atom. The molecule has 1 atom stereocenters. The van der Waals surface area contributed by atoms with Gasteiger partial charge in [0, 0.05) is 37.8 Å². The zero-order valence-electron chi connectivity index (χ0n) is 13.4. The highest BCUT2D eigenvalue weighted by Gasteiger charge is 2.56. The van der Waals surface area contributed by atoms with E-state index in [9.17, 15) is 18.0 Å². The number of hydrogen-bond donors (Lipinski definition) is 1. The Morgan fingerprint density at radius 3 is 2.71 bits per heavy atom. The Kier molecular flexibility index (Phi) is 4.46. The lowest BCUT2D eigenvalue weighted by Crippen LogP contribution is -2.57. The molecule has 0 bridgehead atoms. The number of carbonyl (C=O) groups excluding carboxylic acids is 1. The molecule has 3 rings (SSSR count). The van der Waals surface area contributed by atoms with E-state index in [1.165, 1.54) is 4.90 Å². The average Bonchev–Trinajstić information content (AvgIpc) is 2.91. The predicted octanol–water partition coefficient (Wildman–Crippen LogP) is 3.20. The number of nitrogens with one attached hydrogen (secondary N) is 1. The lowest BCUT2D eigenvalue weighted by atomic mass is 9.66. The van der Waals surface area contributed by atoms with Crippen molar-refractivity contribution in [2.24, 2.45) is 11.3 Å². The van der Waals surface area contributed by atoms with E-state index in [2.05, 4.69) is 10.5 Å². The van der Waals surface area contributed by atoms with Gasteiger partial charge in [-0.3, -0.25) is 5.32 Å². The van der Waals surface area contributed by atoms with Crippen molar-refractivity contribution in [3.8, 4) is 0 Å². The molecule has 0 aliphatic carbocycles. The van der Waals surface area contributed by atoms with E-state index in [4.69, 9.17) is 9.26 Å². The first-order valence-electron chi connectivity index (χ1n) is 7.94. The summed E-state index contributed by atoms with van der Waals surface area (Å²) in [7, 11) is 0. The fourth-order valence-electron chi connectivity index (χ4n) is 3.74. The van der Waals surface area contributed by atoms with Gasteiger partial charge in [-0.25, -0.2) is 4.79 Å². The highest BCUT2D eigenvalue weighted by atomic mass is 19.4. The number of nitrogens with zero attached hydrogens (tertiary/aromatic N) is 2. The van der Waals surface area contributed by atoms with Crippen molar-refractivity contribution in [1.82, 2.24) is 10.1 Å². The molecule has 2 aliphatic rings. The molecular weight excluding hydrogens is 327 g/mol. The number of halogens is 3. The van der Waals surface area contributed by atoms with Gasteiger partial charge in [-0.15, -0.1) is 0 Å². The van der Waals surface area contributed by atoms with Crippen LogP contribution in [0.4, 0.5) is 23.8 Å². The SMILES string of the molecule is Cc1cc(NC(=O)N2CCC(C(F)(F)F)C3(CCOCC3)C2)no1. The molecule has 2 saturated heterocycles. The molecule has 24 heavy (non-hydrogen) atoms. The number of aromatic nitrogens is 1. The van der Waals surface area contributed by atoms with Crippen molar-refractivity contribution in [2.45, 2.75) is 32.4 Å². The minimum Gasteiger partial charge on any atom is -0.381 e. The molecular formula is C15H20F3N3O3. The van der Waals surface area contributed by atoms with Crippen LogP contribution in [0.2, 0.25) is 0 Å². The van der Waals surface area contributed by atoms with Gasteiger partial charge < -0.3 is 14.2 Å². The molecule has 2 fully saturated rings. The molecule has 1 aromatic rings. The maximum Gasteiger partial charge on any atom is 0.392 e. The molecule has 9 heteroatoms. The minimum atomic E-state index is -4.26. The summed E-state index contributed by atoms with van der Waals surface area (Å²) in [6.45, 7) is 2.42. The van der Waals surface area contributed by atoms with Gasteiger partial charge in [0.2, 0.25) is 0 Å². The highest BCUT2D eigenvalue weighted by molar-refractivity contribution is 5.88. The number of piperidine rings is 1. The number of urea groups is 1. The molecule has 6 nitrogen and oxygen atoms in total. The second-order valence-electron chi connectivity index (χ2n) is 6.53. The summed E-state index contributed by atoms with van der Waals surface area (Å²) < 4.78 is 50.5. The van der Waals surface area contributed by atoms with E-state index in [0.717, 1.165) is 0 Å². The van der Waals surface area contributed by atoms with Crippen molar-refractivity contribution in [2.75, 3.05) is 31.6 Å². The third-order valence-corrected chi connectivity index (χ3v) is 4.97. The van der Waals surface area contributed by atoms with Crippen LogP contribution in [0.25, 0.3) is 0 Å². The van der Waals surface area contributed by atoms with Crippen LogP contribution in [0.1, 0.15) is 25.0 Å². The van der Waals surface area contributed by atoms with Crippen molar-refractivity contribution in [3.63, 3.8) is 0 Å². The number of anilines is 1. The fourth-order valence-corrected chi connectivity index (χ4v) is 3.74. The number of amides is 2. The lowest BCUT2D eigenvalue weighted by Gasteiger charge is -2.50. The maximum absolute atomic E-state index is 13.5. The zero-order chi connectivity index (χ0) is 17.4. The number of aryl methyl sites for hydroxylation is 1. The molecule has 1 unspecified atom stereocenters. The third kappa shape index (κ3) is 3.35. The normalized spacial score (nSPS) is 24.2. The molecule has 0 aromatic carbocycles. The first-order valence-corrected chi connectivity index (χ1v) is 7.94. The molecule has 1 N–H and O–H groups in total. The number of rotatable bonds is 1. The molecule has 0 saturated carbocycles. The predicted molar refractivity (Wildman–Crippen MR) is 78.5 cm³/mol. The van der Waals surface area contributed by atoms with Crippen LogP contribution >= 0.6 is 0 Å². The van der Waals surface area contributed by atoms with Gasteiger partial charge in [-0.05, 0) is 26.2 Å². The molecule has 1 spiro atoms. The topological polar surface area (TPSA) is 67.6 Å². The van der Waals surface area contributed by atoms with Crippen LogP contribution in [-0.2, 0) is 4.74 Å². The van der Waals surface area contributed by atoms with Gasteiger partial charge in [-0.1, -0.05) is 5.16 Å². The largest absolute Gasteiger partial charge is 0.392 e. The Hall–Kier alpha value is -1.77. The van der Waals surface area contributed by atoms with Crippen LogP contribution in [0, 0.1) is 18.3 Å². The average molecular weight is 347 g/mol. The summed E-state index contributed by atoms with van der Waals surface area (Å²) in [6, 6.07) is 1.11. The number of alkyl halides is 3. The zero-order valence-corrected chi connectivity index (χ0v) is 13.4. The second-order valence-corrected chi connectivity index (χ2v) is 6.53. The highest BCUT2D eigenvalue weighted by Crippen LogP contribution is 2.50. The molecule has 2 amide bonds. The van der Waals surface area contributed by atoms with Crippen molar-refractivity contribution < 1.29 is 27.2 Å². The van der Waals surface area contributed by atoms with Crippen LogP contribution in [0.3, 0.4) is 0 Å². The molecule has 3 heterocycles. The summed E-state index contributed by atoms with van der Waals surface area (Å²) in [6.07, 6.45) is -3.73. The van der Waals surface area contributed by atoms with Crippen LogP contribution in [0.5, 0.6) is 0 Å². The molecule has 1 aromatic heterocycles. The smallest absolute Gasteiger partial charge is 0.381 e.